The first-order valence-corrected chi connectivity index (χ1v) is 5.20. The number of rotatable bonds is 3. The number of hydrogen-bond acceptors (Lipinski definition) is 2. The fourth-order valence-corrected chi connectivity index (χ4v) is 1.85. The van der Waals surface area contributed by atoms with Crippen molar-refractivity contribution >= 4 is 22.5 Å². The second kappa shape index (κ2) is 4.23. The van der Waals surface area contributed by atoms with Crippen LogP contribution in [0.5, 0.6) is 0 Å². The Morgan fingerprint density at radius 3 is 3.00 bits per heavy atom. The Balaban J connectivity index is 2.36. The summed E-state index contributed by atoms with van der Waals surface area (Å²) in [6, 6.07) is 5.49. The van der Waals surface area contributed by atoms with Crippen molar-refractivity contribution in [2.75, 3.05) is 6.61 Å². The van der Waals surface area contributed by atoms with Gasteiger partial charge in [-0.15, -0.1) is 0 Å². The van der Waals surface area contributed by atoms with E-state index in [0.717, 1.165) is 16.5 Å². The first-order valence-electron chi connectivity index (χ1n) is 4.82. The Kier molecular flexibility index (Phi) is 2.95. The van der Waals surface area contributed by atoms with Gasteiger partial charge in [0.25, 0.3) is 0 Å². The molecular weight excluding hydrogens is 212 g/mol. The third kappa shape index (κ3) is 2.15. The molecular formula is C11H13ClN2O. The normalized spacial score (nSPS) is 13.3. The molecule has 0 spiro atoms. The molecule has 1 atom stereocenters. The molecule has 0 saturated carbocycles. The molecule has 0 aliphatic heterocycles. The number of aliphatic hydroxyl groups is 1. The number of benzene rings is 1. The highest BCUT2D eigenvalue weighted by Crippen LogP contribution is 2.22. The number of aromatic nitrogens is 1. The molecule has 0 saturated heterocycles. The maximum atomic E-state index is 8.89. The number of H-pyrrole nitrogens is 1. The minimum atomic E-state index is -0.209. The summed E-state index contributed by atoms with van der Waals surface area (Å²) in [4.78, 5) is 3.14. The molecule has 80 valence electrons. The monoisotopic (exact) mass is 224 g/mol. The lowest BCUT2D eigenvalue weighted by Gasteiger charge is -2.06. The lowest BCUT2D eigenvalue weighted by Crippen LogP contribution is -2.26. The predicted octanol–water partition coefficient (Wildman–Crippen LogP) is 1.68. The van der Waals surface area contributed by atoms with Crippen LogP contribution in [0.25, 0.3) is 10.9 Å². The fraction of sp³-hybridized carbons (Fsp3) is 0.273. The molecule has 3 nitrogen and oxygen atoms in total. The Hall–Kier alpha value is -1.03. The second-order valence-corrected chi connectivity index (χ2v) is 4.09. The van der Waals surface area contributed by atoms with E-state index >= 15 is 0 Å². The average Bonchev–Trinajstić information content (AvgIpc) is 2.60. The highest BCUT2D eigenvalue weighted by Gasteiger charge is 2.07. The van der Waals surface area contributed by atoms with E-state index in [0.29, 0.717) is 11.4 Å². The second-order valence-electron chi connectivity index (χ2n) is 3.65. The van der Waals surface area contributed by atoms with Gasteiger partial charge in [-0.25, -0.2) is 0 Å². The van der Waals surface area contributed by atoms with Gasteiger partial charge in [-0.3, -0.25) is 0 Å². The number of halogens is 1. The molecule has 0 unspecified atom stereocenters. The van der Waals surface area contributed by atoms with Gasteiger partial charge in [-0.2, -0.15) is 0 Å². The van der Waals surface area contributed by atoms with Crippen LogP contribution in [0.3, 0.4) is 0 Å². The Morgan fingerprint density at radius 1 is 1.47 bits per heavy atom. The summed E-state index contributed by atoms with van der Waals surface area (Å²) >= 11 is 5.88. The molecule has 4 heteroatoms. The van der Waals surface area contributed by atoms with Gasteiger partial charge in [0.15, 0.2) is 0 Å². The fourth-order valence-electron chi connectivity index (χ4n) is 1.67. The number of hydrogen-bond donors (Lipinski definition) is 3. The molecule has 0 aliphatic carbocycles. The number of nitrogens with two attached hydrogens (primary N) is 1. The van der Waals surface area contributed by atoms with Gasteiger partial charge in [0, 0.05) is 28.2 Å². The molecule has 1 heterocycles. The minimum Gasteiger partial charge on any atom is -0.395 e. The van der Waals surface area contributed by atoms with Crippen LogP contribution < -0.4 is 5.73 Å². The standard InChI is InChI=1S/C11H13ClN2O/c12-8-1-2-10-7(3-9(13)6-15)5-14-11(10)4-8/h1-2,4-5,9,14-15H,3,6,13H2/t9-/m1/s1. The Labute approximate surface area is 92.9 Å². The molecule has 0 amide bonds. The van der Waals surface area contributed by atoms with Crippen LogP contribution in [-0.2, 0) is 6.42 Å². The molecule has 0 radical (unpaired) electrons. The minimum absolute atomic E-state index is 0.000261. The van der Waals surface area contributed by atoms with E-state index < -0.39 is 0 Å². The van der Waals surface area contributed by atoms with Crippen LogP contribution in [0.2, 0.25) is 5.02 Å². The maximum absolute atomic E-state index is 8.89. The SMILES string of the molecule is N[C@@H](CO)Cc1c[nH]c2cc(Cl)ccc12. The van der Waals surface area contributed by atoms with Crippen LogP contribution >= 0.6 is 11.6 Å². The zero-order valence-corrected chi connectivity index (χ0v) is 8.96. The van der Waals surface area contributed by atoms with Gasteiger partial charge in [0.2, 0.25) is 0 Å². The van der Waals surface area contributed by atoms with Crippen molar-refractivity contribution in [3.63, 3.8) is 0 Å². The van der Waals surface area contributed by atoms with Gasteiger partial charge in [0.1, 0.15) is 0 Å². The molecule has 0 bridgehead atoms. The molecule has 2 rings (SSSR count). The summed E-state index contributed by atoms with van der Waals surface area (Å²) in [5.41, 5.74) is 7.81. The van der Waals surface area contributed by atoms with Crippen LogP contribution in [-0.4, -0.2) is 22.7 Å². The van der Waals surface area contributed by atoms with Gasteiger partial charge in [0.05, 0.1) is 6.61 Å². The molecule has 2 aromatic rings. The number of aromatic amines is 1. The van der Waals surface area contributed by atoms with Gasteiger partial charge in [-0.05, 0) is 24.1 Å². The zero-order chi connectivity index (χ0) is 10.8. The largest absolute Gasteiger partial charge is 0.395 e. The lowest BCUT2D eigenvalue weighted by atomic mass is 10.1. The van der Waals surface area contributed by atoms with E-state index in [9.17, 15) is 0 Å². The molecule has 1 aromatic carbocycles. The third-order valence-electron chi connectivity index (χ3n) is 2.45. The van der Waals surface area contributed by atoms with E-state index in [4.69, 9.17) is 22.4 Å². The van der Waals surface area contributed by atoms with Crippen molar-refractivity contribution in [1.29, 1.82) is 0 Å². The summed E-state index contributed by atoms with van der Waals surface area (Å²) in [7, 11) is 0. The first kappa shape index (κ1) is 10.5. The summed E-state index contributed by atoms with van der Waals surface area (Å²) in [6.07, 6.45) is 2.58. The molecule has 0 aliphatic rings. The first-order chi connectivity index (χ1) is 7.20. The average molecular weight is 225 g/mol. The highest BCUT2D eigenvalue weighted by molar-refractivity contribution is 6.31. The third-order valence-corrected chi connectivity index (χ3v) is 2.68. The van der Waals surface area contributed by atoms with Crippen molar-refractivity contribution in [2.45, 2.75) is 12.5 Å². The number of fused-ring (bicyclic) bond motifs is 1. The lowest BCUT2D eigenvalue weighted by molar-refractivity contribution is 0.265. The molecule has 4 N–H and O–H groups in total. The van der Waals surface area contributed by atoms with E-state index in [1.807, 2.05) is 24.4 Å². The van der Waals surface area contributed by atoms with E-state index in [-0.39, 0.29) is 12.6 Å². The van der Waals surface area contributed by atoms with Crippen LogP contribution in [0, 0.1) is 0 Å². The summed E-state index contributed by atoms with van der Waals surface area (Å²) in [5, 5.41) is 10.7. The number of nitrogens with one attached hydrogen (secondary N) is 1. The van der Waals surface area contributed by atoms with E-state index in [1.165, 1.54) is 0 Å². The van der Waals surface area contributed by atoms with E-state index in [1.54, 1.807) is 0 Å². The van der Waals surface area contributed by atoms with Gasteiger partial charge >= 0.3 is 0 Å². The van der Waals surface area contributed by atoms with Crippen LogP contribution in [0.1, 0.15) is 5.56 Å². The Morgan fingerprint density at radius 2 is 2.27 bits per heavy atom. The summed E-state index contributed by atoms with van der Waals surface area (Å²) in [6.45, 7) is 0.000261. The van der Waals surface area contributed by atoms with Crippen LogP contribution in [0.15, 0.2) is 24.4 Å². The smallest absolute Gasteiger partial charge is 0.0585 e. The topological polar surface area (TPSA) is 62.0 Å². The molecule has 0 fully saturated rings. The Bertz CT molecular complexity index is 467. The van der Waals surface area contributed by atoms with Crippen molar-refractivity contribution in [2.24, 2.45) is 5.73 Å². The van der Waals surface area contributed by atoms with Crippen molar-refractivity contribution < 1.29 is 5.11 Å². The van der Waals surface area contributed by atoms with Crippen molar-refractivity contribution in [3.05, 3.63) is 35.0 Å². The molecule has 15 heavy (non-hydrogen) atoms. The quantitative estimate of drug-likeness (QED) is 0.743. The maximum Gasteiger partial charge on any atom is 0.0585 e. The van der Waals surface area contributed by atoms with Crippen molar-refractivity contribution in [3.8, 4) is 0 Å². The predicted molar refractivity (Wildman–Crippen MR) is 62.1 cm³/mol. The summed E-state index contributed by atoms with van der Waals surface area (Å²) < 4.78 is 0. The van der Waals surface area contributed by atoms with Crippen LogP contribution in [0.4, 0.5) is 0 Å². The molecule has 1 aromatic heterocycles. The van der Waals surface area contributed by atoms with Gasteiger partial charge in [-0.1, -0.05) is 17.7 Å². The number of aliphatic hydroxyl groups excluding tert-OH is 1. The van der Waals surface area contributed by atoms with E-state index in [2.05, 4.69) is 4.98 Å². The van der Waals surface area contributed by atoms with Crippen molar-refractivity contribution in [1.82, 2.24) is 4.98 Å². The highest BCUT2D eigenvalue weighted by atomic mass is 35.5. The van der Waals surface area contributed by atoms with Gasteiger partial charge < -0.3 is 15.8 Å². The zero-order valence-electron chi connectivity index (χ0n) is 8.20. The summed E-state index contributed by atoms with van der Waals surface area (Å²) in [5.74, 6) is 0.